The van der Waals surface area contributed by atoms with Crippen LogP contribution >= 0.6 is 0 Å². The third-order valence-corrected chi connectivity index (χ3v) is 3.37. The zero-order valence-electron chi connectivity index (χ0n) is 13.3. The average molecular weight is 310 g/mol. The molecule has 0 bridgehead atoms. The molecule has 0 saturated heterocycles. The predicted molar refractivity (Wildman–Crippen MR) is 85.5 cm³/mol. The van der Waals surface area contributed by atoms with Crippen LogP contribution < -0.4 is 5.32 Å². The Morgan fingerprint density at radius 3 is 2.70 bits per heavy atom. The van der Waals surface area contributed by atoms with Gasteiger partial charge in [-0.1, -0.05) is 19.0 Å². The van der Waals surface area contributed by atoms with E-state index < -0.39 is 0 Å². The van der Waals surface area contributed by atoms with Crippen molar-refractivity contribution in [1.82, 2.24) is 25.1 Å². The van der Waals surface area contributed by atoms with Crippen molar-refractivity contribution >= 4 is 5.95 Å². The molecule has 1 atom stereocenters. The van der Waals surface area contributed by atoms with Crippen molar-refractivity contribution in [2.75, 3.05) is 5.32 Å². The van der Waals surface area contributed by atoms with Crippen LogP contribution in [0.25, 0.3) is 11.4 Å². The van der Waals surface area contributed by atoms with Gasteiger partial charge in [0.2, 0.25) is 17.7 Å². The Balaban J connectivity index is 1.86. The Morgan fingerprint density at radius 2 is 2.00 bits per heavy atom. The average Bonchev–Trinajstić information content (AvgIpc) is 3.03. The van der Waals surface area contributed by atoms with Crippen molar-refractivity contribution in [3.8, 4) is 11.4 Å². The summed E-state index contributed by atoms with van der Waals surface area (Å²) in [6, 6.07) is 5.41. The molecule has 7 heteroatoms. The van der Waals surface area contributed by atoms with Crippen LogP contribution in [-0.4, -0.2) is 25.1 Å². The van der Waals surface area contributed by atoms with Gasteiger partial charge in [0, 0.05) is 29.8 Å². The van der Waals surface area contributed by atoms with E-state index in [1.54, 1.807) is 18.6 Å². The van der Waals surface area contributed by atoms with Gasteiger partial charge in [0.05, 0.1) is 0 Å². The largest absolute Gasteiger partial charge is 0.342 e. The van der Waals surface area contributed by atoms with Gasteiger partial charge in [-0.2, -0.15) is 4.98 Å². The van der Waals surface area contributed by atoms with Crippen LogP contribution in [0.1, 0.15) is 31.5 Å². The maximum absolute atomic E-state index is 5.44. The van der Waals surface area contributed by atoms with Gasteiger partial charge in [0.15, 0.2) is 0 Å². The number of hydrogen-bond donors (Lipinski definition) is 1. The summed E-state index contributed by atoms with van der Waals surface area (Å²) in [6.45, 7) is 6.06. The van der Waals surface area contributed by atoms with E-state index in [-0.39, 0.29) is 12.0 Å². The highest BCUT2D eigenvalue weighted by molar-refractivity contribution is 5.52. The number of hydrogen-bond acceptors (Lipinski definition) is 7. The Hall–Kier alpha value is -2.83. The molecule has 1 unspecified atom stereocenters. The van der Waals surface area contributed by atoms with Gasteiger partial charge >= 0.3 is 0 Å². The summed E-state index contributed by atoms with van der Waals surface area (Å²) in [5.41, 5.74) is 1.71. The molecule has 23 heavy (non-hydrogen) atoms. The second kappa shape index (κ2) is 6.51. The lowest BCUT2D eigenvalue weighted by Gasteiger charge is -2.18. The number of aryl methyl sites for hydroxylation is 1. The van der Waals surface area contributed by atoms with E-state index in [1.165, 1.54) is 0 Å². The van der Waals surface area contributed by atoms with Crippen LogP contribution in [0, 0.1) is 12.8 Å². The number of anilines is 1. The molecule has 3 aromatic rings. The van der Waals surface area contributed by atoms with Crippen LogP contribution in [0.5, 0.6) is 0 Å². The highest BCUT2D eigenvalue weighted by Crippen LogP contribution is 2.25. The van der Waals surface area contributed by atoms with Gasteiger partial charge in [-0.05, 0) is 31.0 Å². The number of aromatic nitrogens is 5. The summed E-state index contributed by atoms with van der Waals surface area (Å²) in [4.78, 5) is 17.1. The van der Waals surface area contributed by atoms with E-state index in [1.807, 2.05) is 25.1 Å². The molecule has 0 aliphatic heterocycles. The van der Waals surface area contributed by atoms with Gasteiger partial charge in [-0.3, -0.25) is 4.98 Å². The Bertz CT molecular complexity index is 771. The fraction of sp³-hybridized carbons (Fsp3) is 0.312. The Morgan fingerprint density at radius 1 is 1.13 bits per heavy atom. The lowest BCUT2D eigenvalue weighted by molar-refractivity contribution is 0.335. The van der Waals surface area contributed by atoms with Gasteiger partial charge in [-0.25, -0.2) is 9.97 Å². The van der Waals surface area contributed by atoms with E-state index in [9.17, 15) is 0 Å². The van der Waals surface area contributed by atoms with Gasteiger partial charge in [0.25, 0.3) is 0 Å². The normalized spacial score (nSPS) is 12.3. The summed E-state index contributed by atoms with van der Waals surface area (Å²) < 4.78 is 5.44. The molecular formula is C16H18N6O. The van der Waals surface area contributed by atoms with E-state index in [0.29, 0.717) is 17.7 Å². The second-order valence-electron chi connectivity index (χ2n) is 5.59. The third-order valence-electron chi connectivity index (χ3n) is 3.37. The first-order chi connectivity index (χ1) is 11.1. The number of pyridine rings is 1. The van der Waals surface area contributed by atoms with Crippen LogP contribution in [0.3, 0.4) is 0 Å². The van der Waals surface area contributed by atoms with Crippen LogP contribution in [0.2, 0.25) is 0 Å². The minimum absolute atomic E-state index is 0.172. The quantitative estimate of drug-likeness (QED) is 0.774. The molecule has 0 radical (unpaired) electrons. The van der Waals surface area contributed by atoms with E-state index in [2.05, 4.69) is 44.3 Å². The fourth-order valence-electron chi connectivity index (χ4n) is 2.14. The van der Waals surface area contributed by atoms with Crippen LogP contribution in [-0.2, 0) is 0 Å². The maximum Gasteiger partial charge on any atom is 0.249 e. The molecule has 0 fully saturated rings. The van der Waals surface area contributed by atoms with Gasteiger partial charge < -0.3 is 9.84 Å². The number of rotatable bonds is 5. The number of nitrogens with one attached hydrogen (secondary N) is 1. The molecule has 0 amide bonds. The first-order valence-electron chi connectivity index (χ1n) is 7.43. The van der Waals surface area contributed by atoms with Crippen LogP contribution in [0.15, 0.2) is 41.3 Å². The zero-order chi connectivity index (χ0) is 16.2. The summed E-state index contributed by atoms with van der Waals surface area (Å²) in [7, 11) is 0. The summed E-state index contributed by atoms with van der Waals surface area (Å²) >= 11 is 0. The van der Waals surface area contributed by atoms with Gasteiger partial charge in [0.1, 0.15) is 6.04 Å². The first kappa shape index (κ1) is 15.1. The summed E-state index contributed by atoms with van der Waals surface area (Å²) in [5.74, 6) is 1.79. The molecule has 3 heterocycles. The van der Waals surface area contributed by atoms with Crippen molar-refractivity contribution in [2.45, 2.75) is 26.8 Å². The topological polar surface area (TPSA) is 89.6 Å². The third kappa shape index (κ3) is 3.50. The molecular weight excluding hydrogens is 292 g/mol. The first-order valence-corrected chi connectivity index (χ1v) is 7.43. The molecule has 0 saturated carbocycles. The maximum atomic E-state index is 5.44. The molecule has 3 aromatic heterocycles. The lowest BCUT2D eigenvalue weighted by atomic mass is 10.0. The van der Waals surface area contributed by atoms with Crippen molar-refractivity contribution in [3.05, 3.63) is 48.4 Å². The van der Waals surface area contributed by atoms with Crippen LogP contribution in [0.4, 0.5) is 5.95 Å². The standard InChI is InChI=1S/C16H18N6O/c1-10(2)13(20-16-18-8-6-11(3)19-16)15-21-14(22-23-15)12-5-4-7-17-9-12/h4-10,13H,1-3H3,(H,18,19,20). The van der Waals surface area contributed by atoms with Gasteiger partial charge in [-0.15, -0.1) is 0 Å². The highest BCUT2D eigenvalue weighted by Gasteiger charge is 2.23. The Kier molecular flexibility index (Phi) is 4.27. The van der Waals surface area contributed by atoms with E-state index in [4.69, 9.17) is 4.52 Å². The molecule has 0 aliphatic carbocycles. The smallest absolute Gasteiger partial charge is 0.249 e. The van der Waals surface area contributed by atoms with E-state index in [0.717, 1.165) is 11.3 Å². The zero-order valence-corrected chi connectivity index (χ0v) is 13.3. The number of nitrogens with zero attached hydrogens (tertiary/aromatic N) is 5. The van der Waals surface area contributed by atoms with Crippen molar-refractivity contribution in [1.29, 1.82) is 0 Å². The van der Waals surface area contributed by atoms with Crippen molar-refractivity contribution < 1.29 is 4.52 Å². The second-order valence-corrected chi connectivity index (χ2v) is 5.59. The van der Waals surface area contributed by atoms with Crippen molar-refractivity contribution in [3.63, 3.8) is 0 Å². The molecule has 3 rings (SSSR count). The molecule has 1 N–H and O–H groups in total. The molecule has 0 aromatic carbocycles. The highest BCUT2D eigenvalue weighted by atomic mass is 16.5. The molecule has 7 nitrogen and oxygen atoms in total. The minimum atomic E-state index is -0.172. The summed E-state index contributed by atoms with van der Waals surface area (Å²) in [6.07, 6.45) is 5.13. The summed E-state index contributed by atoms with van der Waals surface area (Å²) in [5, 5.41) is 7.31. The monoisotopic (exact) mass is 310 g/mol. The lowest BCUT2D eigenvalue weighted by Crippen LogP contribution is -2.19. The Labute approximate surface area is 134 Å². The SMILES string of the molecule is Cc1ccnc(NC(c2nc(-c3cccnc3)no2)C(C)C)n1. The minimum Gasteiger partial charge on any atom is -0.342 e. The fourth-order valence-corrected chi connectivity index (χ4v) is 2.14. The predicted octanol–water partition coefficient (Wildman–Crippen LogP) is 3.04. The molecule has 118 valence electrons. The molecule has 0 spiro atoms. The van der Waals surface area contributed by atoms with E-state index >= 15 is 0 Å². The molecule has 0 aliphatic rings. The van der Waals surface area contributed by atoms with Crippen molar-refractivity contribution in [2.24, 2.45) is 5.92 Å².